The summed E-state index contributed by atoms with van der Waals surface area (Å²) >= 11 is 0. The summed E-state index contributed by atoms with van der Waals surface area (Å²) < 4.78 is 5.17. The monoisotopic (exact) mass is 402 g/mol. The third kappa shape index (κ3) is 4.17. The smallest absolute Gasteiger partial charge is 0.311 e. The summed E-state index contributed by atoms with van der Waals surface area (Å²) in [5.41, 5.74) is 2.51. The molecule has 0 bridgehead atoms. The SMILES string of the molecule is Cc1ccc(NC(=O)COC(=O)[C@H]2CC(=O)N(c3cccc4ccccc34)C2)cc1. The first-order valence-electron chi connectivity index (χ1n) is 9.82. The van der Waals surface area contributed by atoms with E-state index in [0.717, 1.165) is 22.0 Å². The van der Waals surface area contributed by atoms with Gasteiger partial charge in [-0.2, -0.15) is 0 Å². The van der Waals surface area contributed by atoms with Crippen molar-refractivity contribution in [3.8, 4) is 0 Å². The molecule has 6 heteroatoms. The number of anilines is 2. The second kappa shape index (κ2) is 8.37. The summed E-state index contributed by atoms with van der Waals surface area (Å²) in [6.45, 7) is 1.81. The van der Waals surface area contributed by atoms with Crippen molar-refractivity contribution in [1.82, 2.24) is 0 Å². The number of fused-ring (bicyclic) bond motifs is 1. The average molecular weight is 402 g/mol. The molecule has 3 aromatic rings. The third-order valence-corrected chi connectivity index (χ3v) is 5.20. The van der Waals surface area contributed by atoms with Gasteiger partial charge in [-0.05, 0) is 30.5 Å². The number of hydrogen-bond donors (Lipinski definition) is 1. The number of rotatable bonds is 5. The van der Waals surface area contributed by atoms with Gasteiger partial charge in [0.2, 0.25) is 5.91 Å². The maximum Gasteiger partial charge on any atom is 0.311 e. The van der Waals surface area contributed by atoms with Gasteiger partial charge in [0, 0.05) is 24.0 Å². The van der Waals surface area contributed by atoms with Crippen molar-refractivity contribution in [2.24, 2.45) is 5.92 Å². The molecule has 152 valence electrons. The molecule has 4 rings (SSSR count). The fourth-order valence-corrected chi connectivity index (χ4v) is 3.63. The molecule has 1 aliphatic rings. The van der Waals surface area contributed by atoms with Crippen molar-refractivity contribution >= 4 is 39.9 Å². The number of hydrogen-bond acceptors (Lipinski definition) is 4. The van der Waals surface area contributed by atoms with Crippen LogP contribution < -0.4 is 10.2 Å². The number of nitrogens with zero attached hydrogens (tertiary/aromatic N) is 1. The molecular formula is C24H22N2O4. The minimum Gasteiger partial charge on any atom is -0.455 e. The van der Waals surface area contributed by atoms with Crippen molar-refractivity contribution in [2.45, 2.75) is 13.3 Å². The number of nitrogens with one attached hydrogen (secondary N) is 1. The first-order chi connectivity index (χ1) is 14.5. The lowest BCUT2D eigenvalue weighted by atomic mass is 10.1. The molecule has 2 amide bonds. The average Bonchev–Trinajstić information content (AvgIpc) is 3.15. The number of aryl methyl sites for hydroxylation is 1. The zero-order valence-corrected chi connectivity index (χ0v) is 16.6. The van der Waals surface area contributed by atoms with Crippen LogP contribution in [0.1, 0.15) is 12.0 Å². The fourth-order valence-electron chi connectivity index (χ4n) is 3.63. The second-order valence-electron chi connectivity index (χ2n) is 7.43. The molecule has 0 radical (unpaired) electrons. The highest BCUT2D eigenvalue weighted by Crippen LogP contribution is 2.32. The van der Waals surface area contributed by atoms with Crippen molar-refractivity contribution in [3.05, 3.63) is 72.3 Å². The highest BCUT2D eigenvalue weighted by atomic mass is 16.5. The number of benzene rings is 3. The molecule has 1 heterocycles. The van der Waals surface area contributed by atoms with Crippen LogP contribution >= 0.6 is 0 Å². The molecule has 0 unspecified atom stereocenters. The number of carbonyl (C=O) groups excluding carboxylic acids is 3. The van der Waals surface area contributed by atoms with Crippen LogP contribution in [0.5, 0.6) is 0 Å². The summed E-state index contributed by atoms with van der Waals surface area (Å²) in [7, 11) is 0. The number of esters is 1. The van der Waals surface area contributed by atoms with E-state index < -0.39 is 17.8 Å². The molecule has 1 saturated heterocycles. The molecule has 0 aliphatic carbocycles. The van der Waals surface area contributed by atoms with E-state index in [-0.39, 0.29) is 25.5 Å². The molecule has 3 aromatic carbocycles. The predicted octanol–water partition coefficient (Wildman–Crippen LogP) is 3.68. The quantitative estimate of drug-likeness (QED) is 0.661. The summed E-state index contributed by atoms with van der Waals surface area (Å²) in [6.07, 6.45) is 0.0711. The van der Waals surface area contributed by atoms with Crippen LogP contribution in [0.3, 0.4) is 0 Å². The zero-order chi connectivity index (χ0) is 21.1. The van der Waals surface area contributed by atoms with E-state index in [1.807, 2.05) is 61.5 Å². The Kier molecular flexibility index (Phi) is 5.48. The van der Waals surface area contributed by atoms with E-state index in [0.29, 0.717) is 5.69 Å². The summed E-state index contributed by atoms with van der Waals surface area (Å²) in [6, 6.07) is 20.9. The van der Waals surface area contributed by atoms with Gasteiger partial charge < -0.3 is 15.0 Å². The van der Waals surface area contributed by atoms with E-state index in [2.05, 4.69) is 5.32 Å². The van der Waals surface area contributed by atoms with Crippen molar-refractivity contribution in [3.63, 3.8) is 0 Å². The number of amides is 2. The van der Waals surface area contributed by atoms with Gasteiger partial charge in [-0.3, -0.25) is 14.4 Å². The van der Waals surface area contributed by atoms with Crippen molar-refractivity contribution in [1.29, 1.82) is 0 Å². The Labute approximate surface area is 174 Å². The third-order valence-electron chi connectivity index (χ3n) is 5.20. The highest BCUT2D eigenvalue weighted by molar-refractivity contribution is 6.06. The van der Waals surface area contributed by atoms with Gasteiger partial charge in [0.15, 0.2) is 6.61 Å². The van der Waals surface area contributed by atoms with E-state index in [1.165, 1.54) is 0 Å². The first kappa shape index (κ1) is 19.6. The Hall–Kier alpha value is -3.67. The maximum absolute atomic E-state index is 12.6. The lowest BCUT2D eigenvalue weighted by Gasteiger charge is -2.18. The molecule has 1 aliphatic heterocycles. The van der Waals surface area contributed by atoms with Crippen LogP contribution in [0, 0.1) is 12.8 Å². The topological polar surface area (TPSA) is 75.7 Å². The minimum atomic E-state index is -0.594. The van der Waals surface area contributed by atoms with Crippen LogP contribution in [-0.4, -0.2) is 30.9 Å². The largest absolute Gasteiger partial charge is 0.455 e. The second-order valence-corrected chi connectivity index (χ2v) is 7.43. The zero-order valence-electron chi connectivity index (χ0n) is 16.6. The van der Waals surface area contributed by atoms with Crippen LogP contribution in [-0.2, 0) is 19.1 Å². The predicted molar refractivity (Wildman–Crippen MR) is 115 cm³/mol. The summed E-state index contributed by atoms with van der Waals surface area (Å²) in [4.78, 5) is 38.7. The van der Waals surface area contributed by atoms with Gasteiger partial charge in [-0.25, -0.2) is 0 Å². The summed E-state index contributed by atoms with van der Waals surface area (Å²) in [5, 5.41) is 4.67. The Morgan fingerprint density at radius 2 is 1.77 bits per heavy atom. The molecule has 0 spiro atoms. The molecular weight excluding hydrogens is 380 g/mol. The molecule has 6 nitrogen and oxygen atoms in total. The highest BCUT2D eigenvalue weighted by Gasteiger charge is 2.36. The molecule has 30 heavy (non-hydrogen) atoms. The van der Waals surface area contributed by atoms with Crippen LogP contribution in [0.15, 0.2) is 66.7 Å². The van der Waals surface area contributed by atoms with E-state index in [9.17, 15) is 14.4 Å². The molecule has 1 N–H and O–H groups in total. The van der Waals surface area contributed by atoms with Crippen LogP contribution in [0.25, 0.3) is 10.8 Å². The lowest BCUT2D eigenvalue weighted by Crippen LogP contribution is -2.28. The number of carbonyl (C=O) groups is 3. The Balaban J connectivity index is 1.37. The summed E-state index contributed by atoms with van der Waals surface area (Å²) in [5.74, 6) is -1.67. The molecule has 0 saturated carbocycles. The lowest BCUT2D eigenvalue weighted by molar-refractivity contribution is -0.151. The van der Waals surface area contributed by atoms with Gasteiger partial charge in [-0.15, -0.1) is 0 Å². The van der Waals surface area contributed by atoms with Gasteiger partial charge in [-0.1, -0.05) is 54.1 Å². The maximum atomic E-state index is 12.6. The van der Waals surface area contributed by atoms with Gasteiger partial charge in [0.05, 0.1) is 11.6 Å². The fraction of sp³-hybridized carbons (Fsp3) is 0.208. The Morgan fingerprint density at radius 1 is 1.03 bits per heavy atom. The Morgan fingerprint density at radius 3 is 2.57 bits per heavy atom. The number of ether oxygens (including phenoxy) is 1. The molecule has 0 aromatic heterocycles. The molecule has 1 atom stereocenters. The van der Waals surface area contributed by atoms with Crippen molar-refractivity contribution < 1.29 is 19.1 Å². The van der Waals surface area contributed by atoms with Crippen LogP contribution in [0.4, 0.5) is 11.4 Å². The van der Waals surface area contributed by atoms with Gasteiger partial charge >= 0.3 is 5.97 Å². The van der Waals surface area contributed by atoms with Gasteiger partial charge in [0.25, 0.3) is 5.91 Å². The standard InChI is InChI=1S/C24H22N2O4/c1-16-9-11-19(12-10-16)25-22(27)15-30-24(29)18-13-23(28)26(14-18)21-8-4-6-17-5-2-3-7-20(17)21/h2-12,18H,13-15H2,1H3,(H,25,27)/t18-/m0/s1. The van der Waals surface area contributed by atoms with Crippen molar-refractivity contribution in [2.75, 3.05) is 23.4 Å². The minimum absolute atomic E-state index is 0.0711. The van der Waals surface area contributed by atoms with E-state index in [1.54, 1.807) is 17.0 Å². The van der Waals surface area contributed by atoms with E-state index >= 15 is 0 Å². The van der Waals surface area contributed by atoms with Gasteiger partial charge in [0.1, 0.15) is 0 Å². The molecule has 1 fully saturated rings. The van der Waals surface area contributed by atoms with Crippen LogP contribution in [0.2, 0.25) is 0 Å². The first-order valence-corrected chi connectivity index (χ1v) is 9.82. The van der Waals surface area contributed by atoms with E-state index in [4.69, 9.17) is 4.74 Å². The normalized spacial score (nSPS) is 16.0. The Bertz CT molecular complexity index is 1100.